The summed E-state index contributed by atoms with van der Waals surface area (Å²) >= 11 is 0. The van der Waals surface area contributed by atoms with Gasteiger partial charge in [-0.05, 0) is 19.4 Å². The molecule has 0 aromatic carbocycles. The van der Waals surface area contributed by atoms with Crippen molar-refractivity contribution in [2.24, 2.45) is 5.92 Å². The summed E-state index contributed by atoms with van der Waals surface area (Å²) in [6.07, 6.45) is 3.02. The van der Waals surface area contributed by atoms with Crippen LogP contribution in [0.5, 0.6) is 0 Å². The van der Waals surface area contributed by atoms with E-state index in [2.05, 4.69) is 10.1 Å². The van der Waals surface area contributed by atoms with Crippen LogP contribution in [0.15, 0.2) is 10.9 Å². The number of aromatic nitrogens is 2. The van der Waals surface area contributed by atoms with Gasteiger partial charge in [0.25, 0.3) is 0 Å². The molecule has 1 N–H and O–H groups in total. The van der Waals surface area contributed by atoms with E-state index in [0.29, 0.717) is 19.0 Å². The van der Waals surface area contributed by atoms with Crippen LogP contribution in [-0.2, 0) is 11.3 Å². The normalized spacial score (nSPS) is 22.8. The number of nitrogens with zero attached hydrogens (tertiary/aromatic N) is 3. The fourth-order valence-electron chi connectivity index (χ4n) is 1.86. The lowest BCUT2D eigenvalue weighted by molar-refractivity contribution is -0.143. The van der Waals surface area contributed by atoms with E-state index in [4.69, 9.17) is 9.63 Å². The zero-order chi connectivity index (χ0) is 10.7. The molecular weight excluding hydrogens is 198 g/mol. The molecule has 15 heavy (non-hydrogen) atoms. The second kappa shape index (κ2) is 4.39. The van der Waals surface area contributed by atoms with Crippen LogP contribution in [0.4, 0.5) is 0 Å². The highest BCUT2D eigenvalue weighted by molar-refractivity contribution is 5.70. The number of carboxylic acids is 1. The number of aliphatic carboxylic acids is 1. The molecule has 0 aliphatic carbocycles. The molecule has 1 aliphatic rings. The fourth-order valence-corrected chi connectivity index (χ4v) is 1.86. The van der Waals surface area contributed by atoms with Crippen molar-refractivity contribution in [1.82, 2.24) is 15.0 Å². The molecule has 6 heteroatoms. The zero-order valence-corrected chi connectivity index (χ0v) is 8.30. The van der Waals surface area contributed by atoms with Gasteiger partial charge < -0.3 is 9.63 Å². The second-order valence-electron chi connectivity index (χ2n) is 3.75. The summed E-state index contributed by atoms with van der Waals surface area (Å²) < 4.78 is 4.88. The van der Waals surface area contributed by atoms with Crippen molar-refractivity contribution in [3.8, 4) is 0 Å². The Morgan fingerprint density at radius 3 is 3.27 bits per heavy atom. The van der Waals surface area contributed by atoms with Crippen LogP contribution in [0.1, 0.15) is 18.7 Å². The first kappa shape index (κ1) is 10.1. The molecule has 6 nitrogen and oxygen atoms in total. The Hall–Kier alpha value is -1.43. The van der Waals surface area contributed by atoms with Gasteiger partial charge in [-0.3, -0.25) is 9.69 Å². The Morgan fingerprint density at radius 1 is 1.73 bits per heavy atom. The maximum atomic E-state index is 10.8. The quantitative estimate of drug-likeness (QED) is 0.777. The van der Waals surface area contributed by atoms with Crippen molar-refractivity contribution in [2.45, 2.75) is 19.4 Å². The zero-order valence-electron chi connectivity index (χ0n) is 8.30. The van der Waals surface area contributed by atoms with Gasteiger partial charge in [-0.15, -0.1) is 0 Å². The van der Waals surface area contributed by atoms with E-state index < -0.39 is 5.97 Å². The minimum Gasteiger partial charge on any atom is -0.481 e. The van der Waals surface area contributed by atoms with E-state index in [1.807, 2.05) is 4.90 Å². The number of carboxylic acid groups (broad SMARTS) is 1. The summed E-state index contributed by atoms with van der Waals surface area (Å²) in [6, 6.07) is 0. The lowest BCUT2D eigenvalue weighted by Gasteiger charge is -2.29. The molecule has 2 rings (SSSR count). The van der Waals surface area contributed by atoms with Crippen LogP contribution in [0.2, 0.25) is 0 Å². The van der Waals surface area contributed by atoms with Crippen LogP contribution in [0, 0.1) is 5.92 Å². The van der Waals surface area contributed by atoms with Crippen LogP contribution >= 0.6 is 0 Å². The first-order valence-electron chi connectivity index (χ1n) is 4.96. The van der Waals surface area contributed by atoms with Crippen molar-refractivity contribution < 1.29 is 14.4 Å². The summed E-state index contributed by atoms with van der Waals surface area (Å²) in [5, 5.41) is 12.4. The predicted molar refractivity (Wildman–Crippen MR) is 49.9 cm³/mol. The number of likely N-dealkylation sites (tertiary alicyclic amines) is 1. The maximum absolute atomic E-state index is 10.8. The smallest absolute Gasteiger partial charge is 0.307 e. The van der Waals surface area contributed by atoms with Gasteiger partial charge in [0, 0.05) is 6.54 Å². The first-order valence-corrected chi connectivity index (χ1v) is 4.96. The van der Waals surface area contributed by atoms with Crippen LogP contribution in [0.3, 0.4) is 0 Å². The Balaban J connectivity index is 1.90. The van der Waals surface area contributed by atoms with Gasteiger partial charge in [-0.2, -0.15) is 4.98 Å². The van der Waals surface area contributed by atoms with Gasteiger partial charge >= 0.3 is 5.97 Å². The fraction of sp³-hybridized carbons (Fsp3) is 0.667. The molecule has 0 saturated carbocycles. The minimum atomic E-state index is -0.717. The van der Waals surface area contributed by atoms with E-state index in [1.54, 1.807) is 0 Å². The highest BCUT2D eigenvalue weighted by atomic mass is 16.5. The Morgan fingerprint density at radius 2 is 2.60 bits per heavy atom. The van der Waals surface area contributed by atoms with E-state index in [-0.39, 0.29) is 5.92 Å². The van der Waals surface area contributed by atoms with Crippen LogP contribution in [-0.4, -0.2) is 39.2 Å². The molecule has 1 fully saturated rings. The number of rotatable bonds is 3. The average Bonchev–Trinajstić information content (AvgIpc) is 2.71. The molecule has 1 unspecified atom stereocenters. The Bertz CT molecular complexity index is 325. The highest BCUT2D eigenvalue weighted by Gasteiger charge is 2.25. The highest BCUT2D eigenvalue weighted by Crippen LogP contribution is 2.17. The molecule has 1 atom stereocenters. The van der Waals surface area contributed by atoms with Crippen molar-refractivity contribution in [3.63, 3.8) is 0 Å². The summed E-state index contributed by atoms with van der Waals surface area (Å²) in [5.74, 6) is -0.437. The summed E-state index contributed by atoms with van der Waals surface area (Å²) in [7, 11) is 0. The van der Waals surface area contributed by atoms with E-state index in [1.165, 1.54) is 6.33 Å². The van der Waals surface area contributed by atoms with Gasteiger partial charge in [-0.25, -0.2) is 0 Å². The average molecular weight is 211 g/mol. The maximum Gasteiger partial charge on any atom is 0.307 e. The summed E-state index contributed by atoms with van der Waals surface area (Å²) in [5.41, 5.74) is 0. The second-order valence-corrected chi connectivity index (χ2v) is 3.75. The standard InChI is InChI=1S/C9H13N3O3/c13-9(14)7-2-1-3-12(4-7)5-8-10-6-11-15-8/h6-7H,1-5H2,(H,13,14). The molecule has 0 radical (unpaired) electrons. The molecule has 0 amide bonds. The van der Waals surface area contributed by atoms with Crippen LogP contribution in [0.25, 0.3) is 0 Å². The van der Waals surface area contributed by atoms with Gasteiger partial charge in [0.1, 0.15) is 0 Å². The van der Waals surface area contributed by atoms with Crippen molar-refractivity contribution in [1.29, 1.82) is 0 Å². The number of hydrogen-bond acceptors (Lipinski definition) is 5. The third-order valence-electron chi connectivity index (χ3n) is 2.62. The minimum absolute atomic E-state index is 0.262. The van der Waals surface area contributed by atoms with Crippen molar-refractivity contribution in [3.05, 3.63) is 12.2 Å². The monoisotopic (exact) mass is 211 g/mol. The van der Waals surface area contributed by atoms with E-state index in [9.17, 15) is 4.79 Å². The SMILES string of the molecule is O=C(O)C1CCCN(Cc2ncno2)C1. The van der Waals surface area contributed by atoms with Crippen molar-refractivity contribution in [2.75, 3.05) is 13.1 Å². The van der Waals surface area contributed by atoms with E-state index >= 15 is 0 Å². The lowest BCUT2D eigenvalue weighted by Crippen LogP contribution is -2.38. The Kier molecular flexibility index (Phi) is 2.96. The molecular formula is C9H13N3O3. The summed E-state index contributed by atoms with van der Waals surface area (Å²) in [6.45, 7) is 2.01. The van der Waals surface area contributed by atoms with Gasteiger partial charge in [-0.1, -0.05) is 5.16 Å². The Labute approximate surface area is 86.9 Å². The van der Waals surface area contributed by atoms with Gasteiger partial charge in [0.15, 0.2) is 6.33 Å². The number of piperidine rings is 1. The summed E-state index contributed by atoms with van der Waals surface area (Å²) in [4.78, 5) is 16.8. The van der Waals surface area contributed by atoms with E-state index in [0.717, 1.165) is 19.4 Å². The number of carbonyl (C=O) groups is 1. The molecule has 0 spiro atoms. The first-order chi connectivity index (χ1) is 7.25. The molecule has 1 aliphatic heterocycles. The third kappa shape index (κ3) is 2.53. The largest absolute Gasteiger partial charge is 0.481 e. The third-order valence-corrected chi connectivity index (χ3v) is 2.62. The van der Waals surface area contributed by atoms with Gasteiger partial charge in [0.2, 0.25) is 5.89 Å². The molecule has 1 aromatic heterocycles. The van der Waals surface area contributed by atoms with Crippen molar-refractivity contribution >= 4 is 5.97 Å². The topological polar surface area (TPSA) is 79.5 Å². The molecule has 1 saturated heterocycles. The lowest BCUT2D eigenvalue weighted by atomic mass is 9.98. The van der Waals surface area contributed by atoms with Crippen LogP contribution < -0.4 is 0 Å². The molecule has 1 aromatic rings. The molecule has 82 valence electrons. The predicted octanol–water partition coefficient (Wildman–Crippen LogP) is 0.366. The molecule has 2 heterocycles. The van der Waals surface area contributed by atoms with Gasteiger partial charge in [0.05, 0.1) is 12.5 Å². The molecule has 0 bridgehead atoms. The number of hydrogen-bond donors (Lipinski definition) is 1.